The van der Waals surface area contributed by atoms with E-state index in [9.17, 15) is 0 Å². The molecule has 0 saturated carbocycles. The van der Waals surface area contributed by atoms with Crippen molar-refractivity contribution in [1.29, 1.82) is 0 Å². The van der Waals surface area contributed by atoms with Gasteiger partial charge < -0.3 is 9.47 Å². The molecule has 0 aliphatic heterocycles. The van der Waals surface area contributed by atoms with E-state index in [0.717, 1.165) is 5.75 Å². The predicted molar refractivity (Wildman–Crippen MR) is 84.1 cm³/mol. The van der Waals surface area contributed by atoms with Crippen LogP contribution in [0.1, 0.15) is 45.4 Å². The molecule has 0 heterocycles. The fourth-order valence-electron chi connectivity index (χ4n) is 1.89. The van der Waals surface area contributed by atoms with Crippen LogP contribution in [0.2, 0.25) is 0 Å². The molecular formula is C16H26O2S. The summed E-state index contributed by atoms with van der Waals surface area (Å²) in [7, 11) is 1.77. The van der Waals surface area contributed by atoms with Crippen molar-refractivity contribution >= 4 is 11.8 Å². The lowest BCUT2D eigenvalue weighted by molar-refractivity contribution is 0.116. The van der Waals surface area contributed by atoms with Crippen LogP contribution < -0.4 is 4.74 Å². The van der Waals surface area contributed by atoms with E-state index in [4.69, 9.17) is 9.47 Å². The summed E-state index contributed by atoms with van der Waals surface area (Å²) in [5.41, 5.74) is 1.30. The molecule has 1 rings (SSSR count). The first-order valence-corrected chi connectivity index (χ1v) is 7.83. The van der Waals surface area contributed by atoms with Gasteiger partial charge in [-0.1, -0.05) is 26.0 Å². The lowest BCUT2D eigenvalue weighted by Gasteiger charge is -2.25. The zero-order valence-corrected chi connectivity index (χ0v) is 13.7. The van der Waals surface area contributed by atoms with Gasteiger partial charge in [-0.2, -0.15) is 0 Å². The summed E-state index contributed by atoms with van der Waals surface area (Å²) in [5.74, 6) is 0.928. The van der Waals surface area contributed by atoms with Gasteiger partial charge in [-0.3, -0.25) is 0 Å². The van der Waals surface area contributed by atoms with E-state index in [2.05, 4.69) is 32.9 Å². The van der Waals surface area contributed by atoms with Crippen LogP contribution in [0.4, 0.5) is 0 Å². The van der Waals surface area contributed by atoms with Crippen molar-refractivity contribution in [1.82, 2.24) is 0 Å². The first-order chi connectivity index (χ1) is 8.93. The Morgan fingerprint density at radius 2 is 1.53 bits per heavy atom. The van der Waals surface area contributed by atoms with Gasteiger partial charge in [0.1, 0.15) is 5.75 Å². The van der Waals surface area contributed by atoms with Crippen LogP contribution >= 0.6 is 11.8 Å². The molecule has 1 aromatic carbocycles. The Balaban J connectivity index is 2.84. The second-order valence-corrected chi connectivity index (χ2v) is 7.00. The Hall–Kier alpha value is -0.670. The first kappa shape index (κ1) is 16.4. The van der Waals surface area contributed by atoms with Crippen LogP contribution in [0, 0.1) is 0 Å². The molecule has 0 amide bonds. The summed E-state index contributed by atoms with van der Waals surface area (Å²) in [6.45, 7) is 10.6. The molecule has 0 aliphatic carbocycles. The Bertz CT molecular complexity index is 360. The van der Waals surface area contributed by atoms with Crippen molar-refractivity contribution < 1.29 is 9.47 Å². The quantitative estimate of drug-likeness (QED) is 0.722. The molecule has 0 aliphatic rings. The average Bonchev–Trinajstić information content (AvgIpc) is 2.35. The van der Waals surface area contributed by atoms with E-state index in [0.29, 0.717) is 10.5 Å². The number of rotatable bonds is 7. The molecule has 2 nitrogen and oxygen atoms in total. The van der Waals surface area contributed by atoms with Gasteiger partial charge >= 0.3 is 0 Å². The molecule has 19 heavy (non-hydrogen) atoms. The van der Waals surface area contributed by atoms with Crippen molar-refractivity contribution in [3.8, 4) is 5.75 Å². The fraction of sp³-hybridized carbons (Fsp3) is 0.625. The Labute approximate surface area is 121 Å². The van der Waals surface area contributed by atoms with E-state index in [1.807, 2.05) is 37.7 Å². The summed E-state index contributed by atoms with van der Waals surface area (Å²) >= 11 is 1.94. The molecule has 0 fully saturated rings. The second-order valence-electron chi connectivity index (χ2n) is 5.28. The van der Waals surface area contributed by atoms with Gasteiger partial charge in [0.05, 0.1) is 17.5 Å². The summed E-state index contributed by atoms with van der Waals surface area (Å²) in [6.07, 6.45) is 0.411. The minimum Gasteiger partial charge on any atom is -0.491 e. The number of methoxy groups -OCH3 is 1. The van der Waals surface area contributed by atoms with Crippen molar-refractivity contribution in [3.63, 3.8) is 0 Å². The van der Waals surface area contributed by atoms with Gasteiger partial charge in [-0.25, -0.2) is 0 Å². The molecule has 1 aromatic rings. The van der Waals surface area contributed by atoms with E-state index in [1.54, 1.807) is 7.11 Å². The molecule has 2 atom stereocenters. The lowest BCUT2D eigenvalue weighted by Crippen LogP contribution is -2.16. The number of benzene rings is 1. The molecular weight excluding hydrogens is 256 g/mol. The van der Waals surface area contributed by atoms with Crippen LogP contribution in [0.3, 0.4) is 0 Å². The van der Waals surface area contributed by atoms with Gasteiger partial charge in [0.15, 0.2) is 0 Å². The third-order valence-electron chi connectivity index (χ3n) is 2.80. The molecule has 0 N–H and O–H groups in total. The van der Waals surface area contributed by atoms with Crippen LogP contribution in [-0.4, -0.2) is 24.6 Å². The Kier molecular flexibility index (Phi) is 6.73. The molecule has 0 spiro atoms. The maximum absolute atomic E-state index is 5.68. The third-order valence-corrected chi connectivity index (χ3v) is 4.29. The molecule has 0 radical (unpaired) electrons. The zero-order chi connectivity index (χ0) is 14.4. The largest absolute Gasteiger partial charge is 0.491 e. The van der Waals surface area contributed by atoms with Crippen molar-refractivity contribution in [2.24, 2.45) is 0 Å². The maximum Gasteiger partial charge on any atom is 0.119 e. The molecule has 2 unspecified atom stereocenters. The highest BCUT2D eigenvalue weighted by molar-refractivity contribution is 8.00. The number of hydrogen-bond donors (Lipinski definition) is 0. The van der Waals surface area contributed by atoms with Crippen LogP contribution in [-0.2, 0) is 4.74 Å². The Morgan fingerprint density at radius 1 is 0.947 bits per heavy atom. The summed E-state index contributed by atoms with van der Waals surface area (Å²) < 4.78 is 11.2. The van der Waals surface area contributed by atoms with Crippen LogP contribution in [0.5, 0.6) is 5.75 Å². The minimum atomic E-state index is 0.198. The normalized spacial score (nSPS) is 14.7. The standard InChI is InChI=1S/C16H26O2S/c1-11(2)18-15-9-7-14(8-10-15)16(13(5)17-6)19-12(3)4/h7-13,16H,1-6H3. The number of thioether (sulfide) groups is 1. The van der Waals surface area contributed by atoms with Crippen LogP contribution in [0.25, 0.3) is 0 Å². The van der Waals surface area contributed by atoms with Crippen molar-refractivity contribution in [2.45, 2.75) is 57.3 Å². The maximum atomic E-state index is 5.68. The topological polar surface area (TPSA) is 18.5 Å². The van der Waals surface area contributed by atoms with Gasteiger partial charge in [0.25, 0.3) is 0 Å². The van der Waals surface area contributed by atoms with Crippen molar-refractivity contribution in [3.05, 3.63) is 29.8 Å². The zero-order valence-electron chi connectivity index (χ0n) is 12.8. The second kappa shape index (κ2) is 7.81. The first-order valence-electron chi connectivity index (χ1n) is 6.89. The molecule has 108 valence electrons. The molecule has 0 saturated heterocycles. The fourth-order valence-corrected chi connectivity index (χ4v) is 3.12. The number of hydrogen-bond acceptors (Lipinski definition) is 3. The predicted octanol–water partition coefficient (Wildman–Crippen LogP) is 4.69. The molecule has 3 heteroatoms. The van der Waals surface area contributed by atoms with E-state index < -0.39 is 0 Å². The van der Waals surface area contributed by atoms with E-state index in [1.165, 1.54) is 5.56 Å². The van der Waals surface area contributed by atoms with Crippen LogP contribution in [0.15, 0.2) is 24.3 Å². The smallest absolute Gasteiger partial charge is 0.119 e. The van der Waals surface area contributed by atoms with E-state index >= 15 is 0 Å². The van der Waals surface area contributed by atoms with Gasteiger partial charge in [0.2, 0.25) is 0 Å². The summed E-state index contributed by atoms with van der Waals surface area (Å²) in [5, 5.41) is 0.937. The lowest BCUT2D eigenvalue weighted by atomic mass is 10.1. The van der Waals surface area contributed by atoms with Gasteiger partial charge in [-0.05, 0) is 43.7 Å². The monoisotopic (exact) mass is 282 g/mol. The Morgan fingerprint density at radius 3 is 1.95 bits per heavy atom. The molecule has 0 aromatic heterocycles. The van der Waals surface area contributed by atoms with Gasteiger partial charge in [0, 0.05) is 7.11 Å². The summed E-state index contributed by atoms with van der Waals surface area (Å²) in [4.78, 5) is 0. The SMILES string of the molecule is COC(C)C(SC(C)C)c1ccc(OC(C)C)cc1. The van der Waals surface area contributed by atoms with E-state index in [-0.39, 0.29) is 12.2 Å². The minimum absolute atomic E-state index is 0.198. The highest BCUT2D eigenvalue weighted by Gasteiger charge is 2.21. The van der Waals surface area contributed by atoms with Gasteiger partial charge in [-0.15, -0.1) is 11.8 Å². The summed E-state index contributed by atoms with van der Waals surface area (Å²) in [6, 6.07) is 8.39. The highest BCUT2D eigenvalue weighted by atomic mass is 32.2. The average molecular weight is 282 g/mol. The number of ether oxygens (including phenoxy) is 2. The third kappa shape index (κ3) is 5.45. The highest BCUT2D eigenvalue weighted by Crippen LogP contribution is 2.36. The van der Waals surface area contributed by atoms with Crippen molar-refractivity contribution in [2.75, 3.05) is 7.11 Å². The molecule has 0 bridgehead atoms.